The number of carbonyl (C=O) groups excluding carboxylic acids is 1. The van der Waals surface area contributed by atoms with Gasteiger partial charge in [-0.15, -0.1) is 0 Å². The minimum absolute atomic E-state index is 0.282. The third kappa shape index (κ3) is 4.63. The Morgan fingerprint density at radius 1 is 1.00 bits per heavy atom. The predicted octanol–water partition coefficient (Wildman–Crippen LogP) is 5.56. The largest absolute Gasteiger partial charge is 0.323 e. The van der Waals surface area contributed by atoms with Crippen LogP contribution < -0.4 is 10.6 Å². The number of benzene rings is 2. The van der Waals surface area contributed by atoms with E-state index >= 15 is 0 Å². The number of hydrogen-bond donors (Lipinski definition) is 2. The predicted molar refractivity (Wildman–Crippen MR) is 110 cm³/mol. The molecular weight excluding hydrogens is 360 g/mol. The van der Waals surface area contributed by atoms with Crippen molar-refractivity contribution in [1.29, 1.82) is 0 Å². The molecule has 0 aliphatic rings. The zero-order chi connectivity index (χ0) is 19.4. The van der Waals surface area contributed by atoms with E-state index in [9.17, 15) is 4.79 Å². The zero-order valence-corrected chi connectivity index (χ0v) is 16.2. The summed E-state index contributed by atoms with van der Waals surface area (Å²) in [7, 11) is 0. The summed E-state index contributed by atoms with van der Waals surface area (Å²) in [6, 6.07) is 16.7. The van der Waals surface area contributed by atoms with Gasteiger partial charge in [-0.1, -0.05) is 55.8 Å². The molecule has 0 saturated heterocycles. The molecule has 0 bridgehead atoms. The van der Waals surface area contributed by atoms with E-state index in [2.05, 4.69) is 34.4 Å². The molecule has 0 atom stereocenters. The number of amides is 1. The van der Waals surface area contributed by atoms with Crippen LogP contribution in [0.3, 0.4) is 0 Å². The van der Waals surface area contributed by atoms with Gasteiger partial charge in [-0.25, -0.2) is 9.97 Å². The summed E-state index contributed by atoms with van der Waals surface area (Å²) in [4.78, 5) is 21.4. The van der Waals surface area contributed by atoms with Crippen LogP contribution in [0.4, 0.5) is 17.3 Å². The van der Waals surface area contributed by atoms with Crippen molar-refractivity contribution in [3.05, 3.63) is 76.6 Å². The summed E-state index contributed by atoms with van der Waals surface area (Å²) in [5.41, 5.74) is 3.51. The van der Waals surface area contributed by atoms with Crippen molar-refractivity contribution in [3.8, 4) is 0 Å². The number of anilines is 3. The van der Waals surface area contributed by atoms with Gasteiger partial charge in [0.1, 0.15) is 5.69 Å². The van der Waals surface area contributed by atoms with Gasteiger partial charge in [-0.2, -0.15) is 0 Å². The van der Waals surface area contributed by atoms with Gasteiger partial charge in [0.2, 0.25) is 5.95 Å². The smallest absolute Gasteiger partial charge is 0.274 e. The van der Waals surface area contributed by atoms with Gasteiger partial charge < -0.3 is 10.6 Å². The molecule has 6 heteroatoms. The van der Waals surface area contributed by atoms with Crippen molar-refractivity contribution in [2.24, 2.45) is 0 Å². The monoisotopic (exact) mass is 380 g/mol. The number of rotatable bonds is 5. The fourth-order valence-electron chi connectivity index (χ4n) is 2.72. The first kappa shape index (κ1) is 18.9. The Morgan fingerprint density at radius 3 is 2.37 bits per heavy atom. The second-order valence-electron chi connectivity index (χ2n) is 6.52. The van der Waals surface area contributed by atoms with Crippen molar-refractivity contribution in [2.45, 2.75) is 26.7 Å². The second-order valence-corrected chi connectivity index (χ2v) is 6.93. The Bertz CT molecular complexity index is 972. The van der Waals surface area contributed by atoms with Gasteiger partial charge in [0.05, 0.1) is 10.7 Å². The van der Waals surface area contributed by atoms with Crippen molar-refractivity contribution < 1.29 is 4.79 Å². The summed E-state index contributed by atoms with van der Waals surface area (Å²) < 4.78 is 0. The average molecular weight is 381 g/mol. The molecule has 3 aromatic rings. The Balaban J connectivity index is 1.86. The number of halogens is 1. The Labute approximate surface area is 163 Å². The molecule has 0 saturated carbocycles. The molecule has 3 rings (SSSR count). The molecule has 5 nitrogen and oxygen atoms in total. The molecule has 27 heavy (non-hydrogen) atoms. The lowest BCUT2D eigenvalue weighted by atomic mass is 10.0. The van der Waals surface area contributed by atoms with Crippen LogP contribution in [0.25, 0.3) is 0 Å². The fraction of sp³-hybridized carbons (Fsp3) is 0.190. The number of hydrogen-bond acceptors (Lipinski definition) is 4. The van der Waals surface area contributed by atoms with Crippen LogP contribution in [0.2, 0.25) is 5.02 Å². The van der Waals surface area contributed by atoms with Crippen molar-refractivity contribution in [3.63, 3.8) is 0 Å². The number of carbonyl (C=O) groups is 1. The minimum Gasteiger partial charge on any atom is -0.323 e. The molecule has 138 valence electrons. The summed E-state index contributed by atoms with van der Waals surface area (Å²) in [6.07, 6.45) is 0. The van der Waals surface area contributed by atoms with Crippen LogP contribution in [0.15, 0.2) is 54.6 Å². The van der Waals surface area contributed by atoms with Crippen LogP contribution in [0.1, 0.15) is 41.5 Å². The highest BCUT2D eigenvalue weighted by molar-refractivity contribution is 6.33. The van der Waals surface area contributed by atoms with Gasteiger partial charge >= 0.3 is 0 Å². The summed E-state index contributed by atoms with van der Waals surface area (Å²) in [5.74, 6) is 0.340. The maximum atomic E-state index is 12.8. The van der Waals surface area contributed by atoms with Crippen molar-refractivity contribution in [1.82, 2.24) is 9.97 Å². The Morgan fingerprint density at radius 2 is 1.67 bits per heavy atom. The molecule has 0 fully saturated rings. The molecule has 2 aromatic carbocycles. The normalized spacial score (nSPS) is 10.7. The SMILES string of the molecule is Cc1cc(C(=O)Nc2ccccc2C(C)C)nc(Nc2ccccc2Cl)n1. The van der Waals surface area contributed by atoms with Crippen molar-refractivity contribution >= 4 is 34.8 Å². The molecular formula is C21H21ClN4O. The van der Waals surface area contributed by atoms with E-state index < -0.39 is 0 Å². The maximum Gasteiger partial charge on any atom is 0.274 e. The molecule has 2 N–H and O–H groups in total. The number of para-hydroxylation sites is 2. The van der Waals surface area contributed by atoms with E-state index in [0.29, 0.717) is 28.3 Å². The van der Waals surface area contributed by atoms with E-state index in [1.165, 1.54) is 0 Å². The number of nitrogens with one attached hydrogen (secondary N) is 2. The number of nitrogens with zero attached hydrogens (tertiary/aromatic N) is 2. The van der Waals surface area contributed by atoms with Gasteiger partial charge in [-0.05, 0) is 42.7 Å². The molecule has 0 aliphatic carbocycles. The Hall–Kier alpha value is -2.92. The quantitative estimate of drug-likeness (QED) is 0.608. The molecule has 0 unspecified atom stereocenters. The average Bonchev–Trinajstić information content (AvgIpc) is 2.63. The topological polar surface area (TPSA) is 66.9 Å². The van der Waals surface area contributed by atoms with Crippen LogP contribution in [0, 0.1) is 6.92 Å². The molecule has 1 amide bonds. The fourth-order valence-corrected chi connectivity index (χ4v) is 2.91. The van der Waals surface area contributed by atoms with Crippen molar-refractivity contribution in [2.75, 3.05) is 10.6 Å². The highest BCUT2D eigenvalue weighted by Crippen LogP contribution is 2.25. The highest BCUT2D eigenvalue weighted by Gasteiger charge is 2.14. The van der Waals surface area contributed by atoms with Crippen LogP contribution in [0.5, 0.6) is 0 Å². The molecule has 0 spiro atoms. The van der Waals surface area contributed by atoms with E-state index in [4.69, 9.17) is 11.6 Å². The van der Waals surface area contributed by atoms with Crippen LogP contribution in [-0.4, -0.2) is 15.9 Å². The van der Waals surface area contributed by atoms with Gasteiger partial charge in [0, 0.05) is 11.4 Å². The van der Waals surface area contributed by atoms with Crippen LogP contribution >= 0.6 is 11.6 Å². The Kier molecular flexibility index (Phi) is 5.72. The molecule has 1 aromatic heterocycles. The zero-order valence-electron chi connectivity index (χ0n) is 15.5. The third-order valence-corrected chi connectivity index (χ3v) is 4.37. The van der Waals surface area contributed by atoms with Gasteiger partial charge in [0.25, 0.3) is 5.91 Å². The summed E-state index contributed by atoms with van der Waals surface area (Å²) in [5, 5.41) is 6.58. The third-order valence-electron chi connectivity index (χ3n) is 4.04. The lowest BCUT2D eigenvalue weighted by molar-refractivity contribution is 0.102. The first-order chi connectivity index (χ1) is 12.9. The lowest BCUT2D eigenvalue weighted by Gasteiger charge is -2.14. The molecule has 0 aliphatic heterocycles. The maximum absolute atomic E-state index is 12.8. The molecule has 1 heterocycles. The summed E-state index contributed by atoms with van der Waals surface area (Å²) >= 11 is 6.17. The van der Waals surface area contributed by atoms with E-state index in [1.54, 1.807) is 12.1 Å². The van der Waals surface area contributed by atoms with E-state index in [1.807, 2.05) is 49.4 Å². The lowest BCUT2D eigenvalue weighted by Crippen LogP contribution is -2.16. The van der Waals surface area contributed by atoms with Crippen LogP contribution in [-0.2, 0) is 0 Å². The minimum atomic E-state index is -0.282. The first-order valence-corrected chi connectivity index (χ1v) is 9.09. The van der Waals surface area contributed by atoms with E-state index in [0.717, 1.165) is 11.3 Å². The number of aryl methyl sites for hydroxylation is 1. The first-order valence-electron chi connectivity index (χ1n) is 8.71. The molecule has 0 radical (unpaired) electrons. The van der Waals surface area contributed by atoms with Gasteiger partial charge in [0.15, 0.2) is 0 Å². The van der Waals surface area contributed by atoms with E-state index in [-0.39, 0.29) is 11.6 Å². The standard InChI is InChI=1S/C21H21ClN4O/c1-13(2)15-8-4-6-10-17(15)24-20(27)19-12-14(3)23-21(26-19)25-18-11-7-5-9-16(18)22/h4-13H,1-3H3,(H,24,27)(H,23,25,26). The number of aromatic nitrogens is 2. The highest BCUT2D eigenvalue weighted by atomic mass is 35.5. The second kappa shape index (κ2) is 8.18. The summed E-state index contributed by atoms with van der Waals surface area (Å²) in [6.45, 7) is 6.00. The van der Waals surface area contributed by atoms with Gasteiger partial charge in [-0.3, -0.25) is 4.79 Å².